The Hall–Kier alpha value is -3.39. The molecule has 3 rings (SSSR count). The van der Waals surface area contributed by atoms with E-state index in [1.807, 2.05) is 0 Å². The first kappa shape index (κ1) is 20.3. The topological polar surface area (TPSA) is 93.2 Å². The molecule has 3 aromatic rings. The van der Waals surface area contributed by atoms with E-state index in [4.69, 9.17) is 16.3 Å². The van der Waals surface area contributed by atoms with E-state index >= 15 is 0 Å². The summed E-state index contributed by atoms with van der Waals surface area (Å²) in [6.07, 6.45) is 0.468. The summed E-state index contributed by atoms with van der Waals surface area (Å²) in [5.74, 6) is -1.85. The lowest BCUT2D eigenvalue weighted by Crippen LogP contribution is -2.30. The van der Waals surface area contributed by atoms with Crippen LogP contribution in [0, 0.1) is 12.7 Å². The normalized spacial score (nSPS) is 11.7. The third-order valence-corrected chi connectivity index (χ3v) is 4.48. The van der Waals surface area contributed by atoms with Crippen LogP contribution in [0.4, 0.5) is 10.1 Å². The van der Waals surface area contributed by atoms with Crippen LogP contribution in [0.5, 0.6) is 0 Å². The number of hydrogen-bond donors (Lipinski definition) is 2. The maximum atomic E-state index is 13.1. The van der Waals surface area contributed by atoms with E-state index in [1.54, 1.807) is 25.3 Å². The third kappa shape index (κ3) is 4.55. The number of rotatable bonds is 5. The van der Waals surface area contributed by atoms with Gasteiger partial charge in [0.1, 0.15) is 5.82 Å². The molecule has 29 heavy (non-hydrogen) atoms. The zero-order valence-corrected chi connectivity index (χ0v) is 16.3. The molecule has 0 saturated carbocycles. The Morgan fingerprint density at radius 1 is 1.21 bits per heavy atom. The fourth-order valence-corrected chi connectivity index (χ4v) is 2.84. The van der Waals surface area contributed by atoms with E-state index in [1.165, 1.54) is 29.7 Å². The molecule has 150 valence electrons. The van der Waals surface area contributed by atoms with Gasteiger partial charge in [0.2, 0.25) is 0 Å². The van der Waals surface area contributed by atoms with Crippen molar-refractivity contribution in [3.63, 3.8) is 0 Å². The Labute approximate surface area is 170 Å². The molecule has 2 aromatic carbocycles. The van der Waals surface area contributed by atoms with Gasteiger partial charge in [0.05, 0.1) is 22.0 Å². The van der Waals surface area contributed by atoms with Crippen molar-refractivity contribution in [3.8, 4) is 5.69 Å². The highest BCUT2D eigenvalue weighted by Crippen LogP contribution is 2.22. The number of halogens is 2. The van der Waals surface area contributed by atoms with Crippen LogP contribution in [0.25, 0.3) is 5.69 Å². The van der Waals surface area contributed by atoms with Crippen molar-refractivity contribution in [1.82, 2.24) is 9.55 Å². The molecule has 9 heteroatoms. The lowest BCUT2D eigenvalue weighted by Gasteiger charge is -2.14. The lowest BCUT2D eigenvalue weighted by molar-refractivity contribution is -0.123. The van der Waals surface area contributed by atoms with Crippen LogP contribution in [-0.2, 0) is 9.53 Å². The molecule has 1 atom stereocenters. The predicted octanol–water partition coefficient (Wildman–Crippen LogP) is 3.45. The molecule has 0 spiro atoms. The highest BCUT2D eigenvalue weighted by atomic mass is 35.5. The number of benzene rings is 2. The van der Waals surface area contributed by atoms with E-state index in [-0.39, 0.29) is 22.0 Å². The number of carbonyl (C=O) groups excluding carboxylic acids is 2. The number of nitrogens with zero attached hydrogens (tertiary/aromatic N) is 1. The van der Waals surface area contributed by atoms with E-state index in [2.05, 4.69) is 10.3 Å². The minimum absolute atomic E-state index is 0.0303. The summed E-state index contributed by atoms with van der Waals surface area (Å²) in [4.78, 5) is 38.9. The van der Waals surface area contributed by atoms with Gasteiger partial charge in [-0.3, -0.25) is 9.36 Å². The Morgan fingerprint density at radius 2 is 1.90 bits per heavy atom. The van der Waals surface area contributed by atoms with Crippen molar-refractivity contribution < 1.29 is 18.7 Å². The predicted molar refractivity (Wildman–Crippen MR) is 106 cm³/mol. The molecule has 0 bridgehead atoms. The van der Waals surface area contributed by atoms with Crippen LogP contribution in [0.1, 0.15) is 23.0 Å². The zero-order chi connectivity index (χ0) is 21.1. The Morgan fingerprint density at radius 3 is 2.48 bits per heavy atom. The van der Waals surface area contributed by atoms with Crippen molar-refractivity contribution in [2.24, 2.45) is 0 Å². The minimum Gasteiger partial charge on any atom is -0.449 e. The van der Waals surface area contributed by atoms with Gasteiger partial charge in [-0.25, -0.2) is 14.0 Å². The highest BCUT2D eigenvalue weighted by Gasteiger charge is 2.20. The third-order valence-electron chi connectivity index (χ3n) is 4.16. The molecule has 0 aliphatic heterocycles. The van der Waals surface area contributed by atoms with Crippen molar-refractivity contribution in [1.29, 1.82) is 0 Å². The average Bonchev–Trinajstić information content (AvgIpc) is 3.02. The number of amides is 1. The van der Waals surface area contributed by atoms with E-state index < -0.39 is 23.8 Å². The van der Waals surface area contributed by atoms with Gasteiger partial charge >= 0.3 is 11.7 Å². The fourth-order valence-electron chi connectivity index (χ4n) is 2.63. The van der Waals surface area contributed by atoms with Crippen molar-refractivity contribution in [3.05, 3.63) is 81.2 Å². The van der Waals surface area contributed by atoms with Gasteiger partial charge in [0.15, 0.2) is 6.10 Å². The first-order valence-corrected chi connectivity index (χ1v) is 8.98. The number of aromatic nitrogens is 2. The van der Waals surface area contributed by atoms with Gasteiger partial charge < -0.3 is 15.0 Å². The lowest BCUT2D eigenvalue weighted by atomic mass is 10.2. The summed E-state index contributed by atoms with van der Waals surface area (Å²) in [6, 6.07) is 9.72. The average molecular weight is 418 g/mol. The Kier molecular flexibility index (Phi) is 5.84. The number of H-pyrrole nitrogens is 1. The van der Waals surface area contributed by atoms with Gasteiger partial charge in [-0.1, -0.05) is 11.6 Å². The van der Waals surface area contributed by atoms with Crippen LogP contribution in [0.15, 0.2) is 53.5 Å². The number of hydrogen-bond acceptors (Lipinski definition) is 4. The number of imidazole rings is 1. The van der Waals surface area contributed by atoms with Crippen molar-refractivity contribution in [2.75, 3.05) is 5.32 Å². The first-order valence-electron chi connectivity index (χ1n) is 8.60. The first-order chi connectivity index (χ1) is 13.8. The quantitative estimate of drug-likeness (QED) is 0.622. The molecule has 0 aliphatic rings. The molecule has 1 aromatic heterocycles. The Balaban J connectivity index is 1.66. The van der Waals surface area contributed by atoms with Crippen LogP contribution < -0.4 is 11.0 Å². The maximum absolute atomic E-state index is 13.1. The van der Waals surface area contributed by atoms with E-state index in [9.17, 15) is 18.8 Å². The van der Waals surface area contributed by atoms with Crippen molar-refractivity contribution in [2.45, 2.75) is 20.0 Å². The molecule has 1 heterocycles. The Bertz CT molecular complexity index is 1120. The molecule has 1 amide bonds. The van der Waals surface area contributed by atoms with Gasteiger partial charge in [0, 0.05) is 11.9 Å². The molecule has 0 radical (unpaired) electrons. The van der Waals surface area contributed by atoms with Gasteiger partial charge in [-0.15, -0.1) is 0 Å². The van der Waals surface area contributed by atoms with Crippen LogP contribution in [0.2, 0.25) is 5.02 Å². The second-order valence-corrected chi connectivity index (χ2v) is 6.69. The standard InChI is InChI=1S/C20H17ClFN3O4/c1-11-10-23-20(28)25(11)15-6-3-13(4-7-15)19(27)29-12(2)18(26)24-17-8-5-14(22)9-16(17)21/h3-10,12H,1-2H3,(H,23,28)(H,24,26). The number of aromatic amines is 1. The summed E-state index contributed by atoms with van der Waals surface area (Å²) < 4.78 is 19.7. The van der Waals surface area contributed by atoms with Gasteiger partial charge in [-0.2, -0.15) is 0 Å². The largest absolute Gasteiger partial charge is 0.449 e. The SMILES string of the molecule is Cc1c[nH]c(=O)n1-c1ccc(C(=O)OC(C)C(=O)Nc2ccc(F)cc2Cl)cc1. The molecule has 0 saturated heterocycles. The van der Waals surface area contributed by atoms with Crippen molar-refractivity contribution >= 4 is 29.2 Å². The molecule has 0 fully saturated rings. The molecular weight excluding hydrogens is 401 g/mol. The maximum Gasteiger partial charge on any atom is 0.338 e. The van der Waals surface area contributed by atoms with Crippen LogP contribution >= 0.6 is 11.6 Å². The number of esters is 1. The molecule has 0 aliphatic carbocycles. The number of anilines is 1. The summed E-state index contributed by atoms with van der Waals surface area (Å²) >= 11 is 5.87. The smallest absolute Gasteiger partial charge is 0.338 e. The van der Waals surface area contributed by atoms with Gasteiger partial charge in [0.25, 0.3) is 5.91 Å². The van der Waals surface area contributed by atoms with E-state index in [0.29, 0.717) is 5.69 Å². The zero-order valence-electron chi connectivity index (χ0n) is 15.5. The molecule has 7 nitrogen and oxygen atoms in total. The van der Waals surface area contributed by atoms with Crippen LogP contribution in [-0.4, -0.2) is 27.5 Å². The molecule has 1 unspecified atom stereocenters. The summed E-state index contributed by atoms with van der Waals surface area (Å²) in [5, 5.41) is 2.51. The number of nitrogens with one attached hydrogen (secondary N) is 2. The summed E-state index contributed by atoms with van der Waals surface area (Å²) in [7, 11) is 0. The van der Waals surface area contributed by atoms with Crippen LogP contribution in [0.3, 0.4) is 0 Å². The molecular formula is C20H17ClFN3O4. The number of aryl methyl sites for hydroxylation is 1. The minimum atomic E-state index is -1.11. The summed E-state index contributed by atoms with van der Waals surface area (Å²) in [5.41, 5.74) is 1.44. The van der Waals surface area contributed by atoms with E-state index in [0.717, 1.165) is 17.8 Å². The number of carbonyl (C=O) groups is 2. The second kappa shape index (κ2) is 8.32. The monoisotopic (exact) mass is 417 g/mol. The van der Waals surface area contributed by atoms with Gasteiger partial charge in [-0.05, 0) is 56.3 Å². The number of ether oxygens (including phenoxy) is 1. The summed E-state index contributed by atoms with van der Waals surface area (Å²) in [6.45, 7) is 3.18. The second-order valence-electron chi connectivity index (χ2n) is 6.28. The highest BCUT2D eigenvalue weighted by molar-refractivity contribution is 6.33. The fraction of sp³-hybridized carbons (Fsp3) is 0.150. The molecule has 2 N–H and O–H groups in total.